The van der Waals surface area contributed by atoms with E-state index in [1.54, 1.807) is 55.1 Å². The molecule has 2 saturated heterocycles. The van der Waals surface area contributed by atoms with Crippen molar-refractivity contribution >= 4 is 34.9 Å². The molecule has 4 amide bonds. The number of carbonyl (C=O) groups excluding carboxylic acids is 4. The highest BCUT2D eigenvalue weighted by atomic mass is 19.4. The maximum atomic E-state index is 14.8. The van der Waals surface area contributed by atoms with Crippen molar-refractivity contribution in [3.8, 4) is 0 Å². The monoisotopic (exact) mass is 1050 g/mol. The first-order valence-corrected chi connectivity index (χ1v) is 27.7. The number of fused-ring (bicyclic) bond motifs is 2. The van der Waals surface area contributed by atoms with Crippen LogP contribution in [0.5, 0.6) is 0 Å². The molecule has 7 atom stereocenters. The standard InChI is InChI=1S/C55H69F3N14O4/c1-5-69-44(20-22-61-69)53(75)65-50(48(32-11-12-32)33-13-14-33)43-29-72-47(63-43)18-16-41(68-72)39(40-23-35(55(56,57)58)27-60-52(40)74)25-37-26-45(70(6-2)67-37)54(76)64-49(34-9-7-30(3)8-10-34)42-28-71-46(62-42)17-15-36(66-71)24-38-31(4)19-21-59-51(38)73/h15-18,20,22,26,28-35,38-40,48-50H,5-14,19,21,23-25,27H2,1-4H3,(H,59,73)(H,60,74)(H,64,76)(H,65,75)/t30-,31?,34-,35-,38?,39?,40?,49+,50-/m1/s1. The van der Waals surface area contributed by atoms with Crippen molar-refractivity contribution in [1.29, 1.82) is 0 Å². The van der Waals surface area contributed by atoms with E-state index >= 15 is 0 Å². The zero-order valence-electron chi connectivity index (χ0n) is 43.7. The lowest BCUT2D eigenvalue weighted by Gasteiger charge is -2.34. The number of hydrogen-bond acceptors (Lipinski definition) is 10. The summed E-state index contributed by atoms with van der Waals surface area (Å²) in [6.07, 6.45) is 9.76. The van der Waals surface area contributed by atoms with Crippen LogP contribution in [0.1, 0.15) is 159 Å². The molecule has 76 heavy (non-hydrogen) atoms. The van der Waals surface area contributed by atoms with E-state index in [1.807, 2.05) is 32.2 Å². The molecule has 4 N–H and O–H groups in total. The second-order valence-corrected chi connectivity index (χ2v) is 22.6. The van der Waals surface area contributed by atoms with E-state index < -0.39 is 54.9 Å². The van der Waals surface area contributed by atoms with Gasteiger partial charge >= 0.3 is 6.18 Å². The zero-order chi connectivity index (χ0) is 53.0. The van der Waals surface area contributed by atoms with Crippen LogP contribution in [-0.4, -0.2) is 91.7 Å². The van der Waals surface area contributed by atoms with E-state index in [1.165, 1.54) is 0 Å². The fraction of sp³-hybridized carbons (Fsp3) is 0.600. The normalized spacial score (nSPS) is 24.6. The fourth-order valence-electron chi connectivity index (χ4n) is 12.6. The van der Waals surface area contributed by atoms with Crippen LogP contribution in [0.2, 0.25) is 0 Å². The van der Waals surface area contributed by atoms with Gasteiger partial charge in [0, 0.05) is 63.0 Å². The molecular weight excluding hydrogens is 978 g/mol. The maximum Gasteiger partial charge on any atom is 0.393 e. The van der Waals surface area contributed by atoms with Crippen molar-refractivity contribution < 1.29 is 32.3 Å². The van der Waals surface area contributed by atoms with Crippen molar-refractivity contribution in [3.63, 3.8) is 0 Å². The fourth-order valence-corrected chi connectivity index (χ4v) is 12.6. The number of rotatable bonds is 18. The Hall–Kier alpha value is -6.67. The molecule has 0 bridgehead atoms. The van der Waals surface area contributed by atoms with Crippen LogP contribution < -0.4 is 21.3 Å². The average Bonchev–Trinajstić information content (AvgIpc) is 4.23. The first-order valence-electron chi connectivity index (χ1n) is 27.7. The Balaban J connectivity index is 0.895. The third-order valence-electron chi connectivity index (χ3n) is 17.3. The van der Waals surface area contributed by atoms with Gasteiger partial charge in [-0.15, -0.1) is 0 Å². The Kier molecular flexibility index (Phi) is 14.2. The summed E-state index contributed by atoms with van der Waals surface area (Å²) in [5.41, 5.74) is 4.71. The largest absolute Gasteiger partial charge is 0.393 e. The molecule has 3 aliphatic carbocycles. The number of carbonyl (C=O) groups is 4. The Morgan fingerprint density at radius 1 is 0.724 bits per heavy atom. The predicted molar refractivity (Wildman–Crippen MR) is 273 cm³/mol. The summed E-state index contributed by atoms with van der Waals surface area (Å²) in [5, 5.41) is 31.3. The number of aryl methyl sites for hydroxylation is 2. The van der Waals surface area contributed by atoms with Gasteiger partial charge in [0.25, 0.3) is 11.8 Å². The number of alkyl halides is 3. The number of piperidine rings is 2. The topological polar surface area (TPSA) is 212 Å². The van der Waals surface area contributed by atoms with Crippen LogP contribution in [0, 0.1) is 53.3 Å². The van der Waals surface area contributed by atoms with Gasteiger partial charge in [0.15, 0.2) is 11.3 Å². The van der Waals surface area contributed by atoms with Gasteiger partial charge in [-0.1, -0.05) is 26.7 Å². The molecule has 21 heteroatoms. The Labute approximate surface area is 439 Å². The molecular formula is C55H69F3N14O4. The van der Waals surface area contributed by atoms with Crippen molar-refractivity contribution in [2.24, 2.45) is 53.3 Å². The molecule has 2 aliphatic heterocycles. The summed E-state index contributed by atoms with van der Waals surface area (Å²) >= 11 is 0. The van der Waals surface area contributed by atoms with Gasteiger partial charge < -0.3 is 21.3 Å². The van der Waals surface area contributed by atoms with Crippen LogP contribution in [0.4, 0.5) is 13.2 Å². The number of imidazole rings is 2. The number of amides is 4. The average molecular weight is 1050 g/mol. The summed E-state index contributed by atoms with van der Waals surface area (Å²) in [4.78, 5) is 65.3. The second kappa shape index (κ2) is 21.0. The van der Waals surface area contributed by atoms with Gasteiger partial charge in [-0.05, 0) is 137 Å². The van der Waals surface area contributed by atoms with Gasteiger partial charge in [0.05, 0.1) is 58.9 Å². The van der Waals surface area contributed by atoms with E-state index in [0.29, 0.717) is 83.6 Å². The maximum absolute atomic E-state index is 14.8. The molecule has 4 unspecified atom stereocenters. The van der Waals surface area contributed by atoms with E-state index in [0.717, 1.165) is 63.5 Å². The smallest absolute Gasteiger partial charge is 0.356 e. The van der Waals surface area contributed by atoms with Crippen LogP contribution >= 0.6 is 0 Å². The Morgan fingerprint density at radius 3 is 2.09 bits per heavy atom. The number of halogens is 3. The zero-order valence-corrected chi connectivity index (χ0v) is 43.7. The SMILES string of the molecule is CCn1nccc1C(=O)N[C@H](c1cn2nc(C(Cc3cc(C(=O)N[C@H](c4cn5nc(CC6C(=O)NCCC6C)ccc5n4)[C@H]4CC[C@H](C)CC4)n(CC)n3)C3C[C@@H](C(F)(F)F)CNC3=O)ccc2n1)C(C1CC1)C1CC1. The van der Waals surface area contributed by atoms with Crippen LogP contribution in [0.15, 0.2) is 55.0 Å². The lowest BCUT2D eigenvalue weighted by atomic mass is 9.77. The van der Waals surface area contributed by atoms with Crippen molar-refractivity contribution in [3.05, 3.63) is 94.8 Å². The molecule has 0 radical (unpaired) electrons. The molecule has 6 aromatic heterocycles. The number of hydrogen-bond donors (Lipinski definition) is 4. The van der Waals surface area contributed by atoms with Gasteiger partial charge in [-0.3, -0.25) is 28.5 Å². The second-order valence-electron chi connectivity index (χ2n) is 22.6. The molecule has 0 aromatic carbocycles. The van der Waals surface area contributed by atoms with E-state index in [4.69, 9.17) is 25.3 Å². The highest BCUT2D eigenvalue weighted by Crippen LogP contribution is 2.54. The quantitative estimate of drug-likeness (QED) is 0.0672. The third kappa shape index (κ3) is 10.7. The van der Waals surface area contributed by atoms with Crippen LogP contribution in [0.3, 0.4) is 0 Å². The summed E-state index contributed by atoms with van der Waals surface area (Å²) in [7, 11) is 0. The Bertz CT molecular complexity index is 3100. The minimum absolute atomic E-state index is 0.0108. The summed E-state index contributed by atoms with van der Waals surface area (Å²) in [6.45, 7) is 9.15. The van der Waals surface area contributed by atoms with Gasteiger partial charge in [-0.25, -0.2) is 19.0 Å². The van der Waals surface area contributed by atoms with Crippen LogP contribution in [-0.2, 0) is 35.5 Å². The predicted octanol–water partition coefficient (Wildman–Crippen LogP) is 7.37. The molecule has 6 aromatic rings. The lowest BCUT2D eigenvalue weighted by molar-refractivity contribution is -0.184. The molecule has 0 spiro atoms. The number of nitrogens with zero attached hydrogens (tertiary/aromatic N) is 10. The lowest BCUT2D eigenvalue weighted by Crippen LogP contribution is -2.48. The summed E-state index contributed by atoms with van der Waals surface area (Å²) in [6, 6.07) is 9.78. The minimum Gasteiger partial charge on any atom is -0.356 e. The number of nitrogens with one attached hydrogen (secondary N) is 4. The first kappa shape index (κ1) is 51.4. The van der Waals surface area contributed by atoms with Crippen molar-refractivity contribution in [2.75, 3.05) is 13.1 Å². The first-order chi connectivity index (χ1) is 36.6. The van der Waals surface area contributed by atoms with Crippen LogP contribution in [0.25, 0.3) is 11.3 Å². The highest BCUT2D eigenvalue weighted by molar-refractivity contribution is 5.93. The minimum atomic E-state index is -4.55. The van der Waals surface area contributed by atoms with Gasteiger partial charge in [-0.2, -0.15) is 33.6 Å². The molecule has 8 heterocycles. The van der Waals surface area contributed by atoms with Gasteiger partial charge in [0.1, 0.15) is 11.4 Å². The molecule has 5 aliphatic rings. The molecule has 3 saturated carbocycles. The van der Waals surface area contributed by atoms with Crippen molar-refractivity contribution in [1.82, 2.24) is 70.0 Å². The summed E-state index contributed by atoms with van der Waals surface area (Å²) in [5.74, 6) is -3.13. The molecule has 18 nitrogen and oxygen atoms in total. The summed E-state index contributed by atoms with van der Waals surface area (Å²) < 4.78 is 50.1. The van der Waals surface area contributed by atoms with E-state index in [-0.39, 0.29) is 53.5 Å². The van der Waals surface area contributed by atoms with E-state index in [9.17, 15) is 32.3 Å². The van der Waals surface area contributed by atoms with E-state index in [2.05, 4.69) is 40.2 Å². The third-order valence-corrected chi connectivity index (χ3v) is 17.3. The van der Waals surface area contributed by atoms with Crippen molar-refractivity contribution in [2.45, 2.75) is 142 Å². The molecule has 5 fully saturated rings. The Morgan fingerprint density at radius 2 is 1.39 bits per heavy atom. The number of aromatic nitrogens is 10. The van der Waals surface area contributed by atoms with Gasteiger partial charge in [0.2, 0.25) is 11.8 Å². The molecule has 11 rings (SSSR count). The molecule has 404 valence electrons. The highest BCUT2D eigenvalue weighted by Gasteiger charge is 2.49.